The van der Waals surface area contributed by atoms with Gasteiger partial charge in [-0.1, -0.05) is 6.07 Å². The maximum absolute atomic E-state index is 12.8. The highest BCUT2D eigenvalue weighted by atomic mass is 35.5. The molecule has 1 amide bonds. The molecule has 1 atom stereocenters. The number of piperazine rings is 1. The molecular weight excluding hydrogens is 379 g/mol. The number of nitro benzene ring substituents is 1. The number of piperidine rings is 1. The summed E-state index contributed by atoms with van der Waals surface area (Å²) in [4.78, 5) is 27.4. The van der Waals surface area contributed by atoms with Crippen LogP contribution in [0, 0.1) is 15.5 Å². The Kier molecular flexibility index (Phi) is 8.12. The van der Waals surface area contributed by atoms with E-state index in [1.165, 1.54) is 6.07 Å². The number of hydrogen-bond acceptors (Lipinski definition) is 5. The Bertz CT molecular complexity index is 630. The van der Waals surface area contributed by atoms with Crippen molar-refractivity contribution in [1.82, 2.24) is 10.2 Å². The van der Waals surface area contributed by atoms with Crippen LogP contribution in [0.3, 0.4) is 0 Å². The number of nitrogens with zero attached hydrogens (tertiary/aromatic N) is 3. The minimum Gasteiger partial charge on any atom is -0.368 e. The van der Waals surface area contributed by atoms with Crippen LogP contribution < -0.4 is 10.2 Å². The van der Waals surface area contributed by atoms with Gasteiger partial charge in [-0.2, -0.15) is 0 Å². The Balaban J connectivity index is 0.00000169. The second-order valence-electron chi connectivity index (χ2n) is 6.90. The van der Waals surface area contributed by atoms with Gasteiger partial charge < -0.3 is 15.1 Å². The Morgan fingerprint density at radius 3 is 2.50 bits per heavy atom. The zero-order chi connectivity index (χ0) is 17.2. The molecule has 2 fully saturated rings. The van der Waals surface area contributed by atoms with E-state index < -0.39 is 0 Å². The molecule has 2 aliphatic heterocycles. The average Bonchev–Trinajstić information content (AvgIpc) is 2.62. The molecule has 0 aromatic heterocycles. The van der Waals surface area contributed by atoms with E-state index in [0.29, 0.717) is 26.2 Å². The van der Waals surface area contributed by atoms with Crippen molar-refractivity contribution >= 4 is 42.1 Å². The number of non-ortho nitro benzene ring substituents is 1. The van der Waals surface area contributed by atoms with Gasteiger partial charge >= 0.3 is 0 Å². The summed E-state index contributed by atoms with van der Waals surface area (Å²) in [6.07, 6.45) is 1.97. The quantitative estimate of drug-likeness (QED) is 0.618. The number of anilines is 1. The van der Waals surface area contributed by atoms with Crippen LogP contribution in [0.2, 0.25) is 0 Å². The topological polar surface area (TPSA) is 78.7 Å². The molecule has 0 saturated carbocycles. The lowest BCUT2D eigenvalue weighted by molar-refractivity contribution is -0.384. The fourth-order valence-electron chi connectivity index (χ4n) is 3.59. The summed E-state index contributed by atoms with van der Waals surface area (Å²) in [5.74, 6) is 0.230. The SMILES string of the molecule is CC1(C(=O)N2CCN(c3cccc([N+](=O)[O-])c3)CC2)CCCNC1.Cl.Cl. The van der Waals surface area contributed by atoms with Crippen LogP contribution in [-0.4, -0.2) is 55.0 Å². The second-order valence-corrected chi connectivity index (χ2v) is 6.90. The second kappa shape index (κ2) is 9.39. The molecule has 1 aromatic carbocycles. The highest BCUT2D eigenvalue weighted by Gasteiger charge is 2.38. The maximum atomic E-state index is 12.8. The molecule has 26 heavy (non-hydrogen) atoms. The van der Waals surface area contributed by atoms with Crippen LogP contribution in [0.25, 0.3) is 0 Å². The molecule has 3 rings (SSSR count). The zero-order valence-corrected chi connectivity index (χ0v) is 16.5. The van der Waals surface area contributed by atoms with Crippen molar-refractivity contribution in [1.29, 1.82) is 0 Å². The van der Waals surface area contributed by atoms with Crippen LogP contribution in [0.15, 0.2) is 24.3 Å². The monoisotopic (exact) mass is 404 g/mol. The molecule has 1 aromatic rings. The molecule has 0 radical (unpaired) electrons. The van der Waals surface area contributed by atoms with Gasteiger partial charge in [-0.15, -0.1) is 24.8 Å². The Morgan fingerprint density at radius 2 is 1.92 bits per heavy atom. The number of hydrogen-bond donors (Lipinski definition) is 1. The first-order valence-electron chi connectivity index (χ1n) is 8.49. The number of benzene rings is 1. The van der Waals surface area contributed by atoms with Gasteiger partial charge in [0.25, 0.3) is 5.69 Å². The summed E-state index contributed by atoms with van der Waals surface area (Å²) >= 11 is 0. The van der Waals surface area contributed by atoms with Crippen LogP contribution in [0.1, 0.15) is 19.8 Å². The smallest absolute Gasteiger partial charge is 0.271 e. The van der Waals surface area contributed by atoms with E-state index in [1.54, 1.807) is 12.1 Å². The molecule has 9 heteroatoms. The van der Waals surface area contributed by atoms with Crippen molar-refractivity contribution < 1.29 is 9.72 Å². The summed E-state index contributed by atoms with van der Waals surface area (Å²) in [5.41, 5.74) is 0.653. The van der Waals surface area contributed by atoms with E-state index in [9.17, 15) is 14.9 Å². The van der Waals surface area contributed by atoms with E-state index in [2.05, 4.69) is 17.1 Å². The molecule has 0 aliphatic carbocycles. The Morgan fingerprint density at radius 1 is 1.23 bits per heavy atom. The van der Waals surface area contributed by atoms with Crippen LogP contribution in [-0.2, 0) is 4.79 Å². The fraction of sp³-hybridized carbons (Fsp3) is 0.588. The third kappa shape index (κ3) is 4.78. The fourth-order valence-corrected chi connectivity index (χ4v) is 3.59. The largest absolute Gasteiger partial charge is 0.368 e. The Labute approximate surface area is 166 Å². The summed E-state index contributed by atoms with van der Waals surface area (Å²) in [6, 6.07) is 6.70. The molecule has 2 heterocycles. The first-order chi connectivity index (χ1) is 11.5. The first-order valence-corrected chi connectivity index (χ1v) is 8.49. The number of halogens is 2. The molecule has 7 nitrogen and oxygen atoms in total. The van der Waals surface area contributed by atoms with Crippen molar-refractivity contribution in [3.05, 3.63) is 34.4 Å². The predicted octanol–water partition coefficient (Wildman–Crippen LogP) is 2.48. The molecule has 146 valence electrons. The van der Waals surface area contributed by atoms with Gasteiger partial charge in [0.15, 0.2) is 0 Å². The molecule has 0 spiro atoms. The molecule has 2 saturated heterocycles. The van der Waals surface area contributed by atoms with Crippen LogP contribution >= 0.6 is 24.8 Å². The summed E-state index contributed by atoms with van der Waals surface area (Å²) in [7, 11) is 0. The van der Waals surface area contributed by atoms with Crippen molar-refractivity contribution in [2.45, 2.75) is 19.8 Å². The van der Waals surface area contributed by atoms with Crippen LogP contribution in [0.5, 0.6) is 0 Å². The van der Waals surface area contributed by atoms with Crippen molar-refractivity contribution in [2.75, 3.05) is 44.2 Å². The summed E-state index contributed by atoms with van der Waals surface area (Å²) in [6.45, 7) is 6.52. The molecule has 1 unspecified atom stereocenters. The molecule has 1 N–H and O–H groups in total. The Hall–Kier alpha value is -1.57. The van der Waals surface area contributed by atoms with E-state index in [1.807, 2.05) is 11.0 Å². The number of rotatable bonds is 3. The highest BCUT2D eigenvalue weighted by molar-refractivity contribution is 5.85. The normalized spacial score (nSPS) is 22.8. The van der Waals surface area contributed by atoms with Gasteiger partial charge in [0.05, 0.1) is 10.3 Å². The van der Waals surface area contributed by atoms with Gasteiger partial charge in [-0.3, -0.25) is 14.9 Å². The standard InChI is InChI=1S/C17H24N4O3.2ClH/c1-17(6-3-7-18-13-17)16(22)20-10-8-19(9-11-20)14-4-2-5-15(12-14)21(23)24;;/h2,4-5,12,18H,3,6-11,13H2,1H3;2*1H. The predicted molar refractivity (Wildman–Crippen MR) is 107 cm³/mol. The maximum Gasteiger partial charge on any atom is 0.271 e. The lowest BCUT2D eigenvalue weighted by atomic mass is 9.81. The average molecular weight is 405 g/mol. The summed E-state index contributed by atoms with van der Waals surface area (Å²) < 4.78 is 0. The van der Waals surface area contributed by atoms with E-state index in [0.717, 1.165) is 31.6 Å². The highest BCUT2D eigenvalue weighted by Crippen LogP contribution is 2.29. The third-order valence-electron chi connectivity index (χ3n) is 5.09. The lowest BCUT2D eigenvalue weighted by Crippen LogP contribution is -2.55. The number of nitrogens with one attached hydrogen (secondary N) is 1. The van der Waals surface area contributed by atoms with E-state index >= 15 is 0 Å². The number of carbonyl (C=O) groups is 1. The lowest BCUT2D eigenvalue weighted by Gasteiger charge is -2.42. The minimum atomic E-state index is -0.375. The van der Waals surface area contributed by atoms with Crippen molar-refractivity contribution in [2.24, 2.45) is 5.41 Å². The van der Waals surface area contributed by atoms with E-state index in [4.69, 9.17) is 0 Å². The number of nitro groups is 1. The minimum absolute atomic E-state index is 0. The van der Waals surface area contributed by atoms with E-state index in [-0.39, 0.29) is 46.7 Å². The zero-order valence-electron chi connectivity index (χ0n) is 14.8. The first kappa shape index (κ1) is 22.5. The summed E-state index contributed by atoms with van der Waals surface area (Å²) in [5, 5.41) is 14.2. The van der Waals surface area contributed by atoms with Gasteiger partial charge in [0, 0.05) is 50.5 Å². The van der Waals surface area contributed by atoms with Gasteiger partial charge in [-0.25, -0.2) is 0 Å². The van der Waals surface area contributed by atoms with Crippen molar-refractivity contribution in [3.8, 4) is 0 Å². The molecule has 2 aliphatic rings. The van der Waals surface area contributed by atoms with Crippen molar-refractivity contribution in [3.63, 3.8) is 0 Å². The number of carbonyl (C=O) groups excluding carboxylic acids is 1. The van der Waals surface area contributed by atoms with Gasteiger partial charge in [-0.05, 0) is 32.4 Å². The van der Waals surface area contributed by atoms with Crippen LogP contribution in [0.4, 0.5) is 11.4 Å². The number of amides is 1. The van der Waals surface area contributed by atoms with Gasteiger partial charge in [0.1, 0.15) is 0 Å². The molecular formula is C17H26Cl2N4O3. The third-order valence-corrected chi connectivity index (χ3v) is 5.09. The van der Waals surface area contributed by atoms with Gasteiger partial charge in [0.2, 0.25) is 5.91 Å². The molecule has 0 bridgehead atoms.